The average molecular weight is 292 g/mol. The first-order chi connectivity index (χ1) is 10.2. The van der Waals surface area contributed by atoms with Crippen LogP contribution in [0, 0.1) is 0 Å². The van der Waals surface area contributed by atoms with Crippen LogP contribution in [-0.2, 0) is 13.5 Å². The predicted octanol–water partition coefficient (Wildman–Crippen LogP) is 2.73. The Morgan fingerprint density at radius 2 is 1.95 bits per heavy atom. The summed E-state index contributed by atoms with van der Waals surface area (Å²) in [5.74, 6) is 1.18. The van der Waals surface area contributed by atoms with Crippen LogP contribution in [0.4, 0.5) is 0 Å². The molecule has 4 nitrogen and oxygen atoms in total. The molecule has 0 bridgehead atoms. The summed E-state index contributed by atoms with van der Waals surface area (Å²) in [5.41, 5.74) is 6.49. The highest BCUT2D eigenvalue weighted by molar-refractivity contribution is 4.97. The van der Waals surface area contributed by atoms with E-state index in [1.54, 1.807) is 0 Å². The summed E-state index contributed by atoms with van der Waals surface area (Å²) >= 11 is 0. The van der Waals surface area contributed by atoms with Crippen molar-refractivity contribution in [1.82, 2.24) is 14.5 Å². The number of rotatable bonds is 7. The molecule has 1 saturated carbocycles. The Balaban J connectivity index is 2.06. The van der Waals surface area contributed by atoms with Gasteiger partial charge in [0, 0.05) is 44.5 Å². The molecule has 0 unspecified atom stereocenters. The van der Waals surface area contributed by atoms with Crippen LogP contribution in [0.2, 0.25) is 0 Å². The van der Waals surface area contributed by atoms with Gasteiger partial charge >= 0.3 is 0 Å². The van der Waals surface area contributed by atoms with E-state index in [-0.39, 0.29) is 5.54 Å². The maximum Gasteiger partial charge on any atom is 0.109 e. The van der Waals surface area contributed by atoms with Gasteiger partial charge in [0.15, 0.2) is 0 Å². The summed E-state index contributed by atoms with van der Waals surface area (Å²) in [5, 5.41) is 0. The summed E-state index contributed by atoms with van der Waals surface area (Å²) in [7, 11) is 2.08. The Bertz CT molecular complexity index is 405. The van der Waals surface area contributed by atoms with Gasteiger partial charge in [0.1, 0.15) is 5.82 Å². The lowest BCUT2D eigenvalue weighted by Gasteiger charge is -2.43. The number of hydrogen-bond acceptors (Lipinski definition) is 3. The van der Waals surface area contributed by atoms with Gasteiger partial charge in [-0.15, -0.1) is 0 Å². The van der Waals surface area contributed by atoms with Gasteiger partial charge < -0.3 is 10.3 Å². The Morgan fingerprint density at radius 3 is 2.48 bits per heavy atom. The van der Waals surface area contributed by atoms with Crippen molar-refractivity contribution in [2.75, 3.05) is 19.6 Å². The van der Waals surface area contributed by atoms with Crippen LogP contribution in [-0.4, -0.2) is 39.6 Å². The maximum absolute atomic E-state index is 6.26. The minimum absolute atomic E-state index is 0.234. The third kappa shape index (κ3) is 4.07. The SMILES string of the molecule is CCCN(CCc1nccn1C)C1(CN)CCCCCC1. The molecule has 120 valence electrons. The monoisotopic (exact) mass is 292 g/mol. The second-order valence-electron chi connectivity index (χ2n) is 6.53. The van der Waals surface area contributed by atoms with Gasteiger partial charge in [-0.2, -0.15) is 0 Å². The topological polar surface area (TPSA) is 47.1 Å². The molecule has 2 rings (SSSR count). The van der Waals surface area contributed by atoms with Gasteiger partial charge in [0.2, 0.25) is 0 Å². The zero-order valence-electron chi connectivity index (χ0n) is 13.9. The number of aromatic nitrogens is 2. The van der Waals surface area contributed by atoms with Crippen molar-refractivity contribution in [3.05, 3.63) is 18.2 Å². The van der Waals surface area contributed by atoms with Crippen LogP contribution in [0.25, 0.3) is 0 Å². The standard InChI is InChI=1S/C17H32N4/c1-3-12-21(13-8-16-19-11-14-20(16)2)17(15-18)9-6-4-5-7-10-17/h11,14H,3-10,12-13,15,18H2,1-2H3. The van der Waals surface area contributed by atoms with Crippen LogP contribution in [0.15, 0.2) is 12.4 Å². The molecular formula is C17H32N4. The minimum atomic E-state index is 0.234. The number of nitrogens with two attached hydrogens (primary N) is 1. The molecule has 1 aromatic heterocycles. The lowest BCUT2D eigenvalue weighted by molar-refractivity contribution is 0.0780. The largest absolute Gasteiger partial charge is 0.338 e. The fraction of sp³-hybridized carbons (Fsp3) is 0.824. The van der Waals surface area contributed by atoms with Crippen molar-refractivity contribution in [1.29, 1.82) is 0 Å². The van der Waals surface area contributed by atoms with Crippen molar-refractivity contribution in [2.24, 2.45) is 12.8 Å². The molecule has 1 aliphatic rings. The molecule has 1 aliphatic carbocycles. The molecular weight excluding hydrogens is 260 g/mol. The summed E-state index contributed by atoms with van der Waals surface area (Å²) < 4.78 is 2.13. The molecule has 21 heavy (non-hydrogen) atoms. The van der Waals surface area contributed by atoms with E-state index in [2.05, 4.69) is 28.4 Å². The molecule has 0 aromatic carbocycles. The van der Waals surface area contributed by atoms with E-state index in [0.717, 1.165) is 26.1 Å². The van der Waals surface area contributed by atoms with Crippen LogP contribution in [0.1, 0.15) is 57.7 Å². The molecule has 0 aliphatic heterocycles. The predicted molar refractivity (Wildman–Crippen MR) is 88.3 cm³/mol. The van der Waals surface area contributed by atoms with Crippen LogP contribution in [0.5, 0.6) is 0 Å². The smallest absolute Gasteiger partial charge is 0.109 e. The lowest BCUT2D eigenvalue weighted by atomic mass is 9.87. The van der Waals surface area contributed by atoms with Crippen LogP contribution < -0.4 is 5.73 Å². The summed E-state index contributed by atoms with van der Waals surface area (Å²) in [6.07, 6.45) is 14.1. The Labute approximate surface area is 129 Å². The van der Waals surface area contributed by atoms with Gasteiger partial charge in [-0.05, 0) is 25.8 Å². The van der Waals surface area contributed by atoms with Gasteiger partial charge in [-0.3, -0.25) is 4.90 Å². The number of nitrogens with zero attached hydrogens (tertiary/aromatic N) is 3. The molecule has 0 spiro atoms. The van der Waals surface area contributed by atoms with Gasteiger partial charge in [-0.25, -0.2) is 4.98 Å². The van der Waals surface area contributed by atoms with Crippen LogP contribution in [0.3, 0.4) is 0 Å². The second kappa shape index (κ2) is 7.95. The molecule has 2 N–H and O–H groups in total. The highest BCUT2D eigenvalue weighted by Gasteiger charge is 2.35. The molecule has 0 amide bonds. The zero-order valence-corrected chi connectivity index (χ0v) is 13.9. The molecule has 4 heteroatoms. The van der Waals surface area contributed by atoms with Gasteiger partial charge in [0.05, 0.1) is 0 Å². The fourth-order valence-electron chi connectivity index (χ4n) is 3.76. The van der Waals surface area contributed by atoms with E-state index in [1.807, 2.05) is 12.4 Å². The van der Waals surface area contributed by atoms with Gasteiger partial charge in [0.25, 0.3) is 0 Å². The molecule has 0 radical (unpaired) electrons. The first kappa shape index (κ1) is 16.5. The minimum Gasteiger partial charge on any atom is -0.338 e. The van der Waals surface area contributed by atoms with E-state index in [1.165, 1.54) is 50.8 Å². The van der Waals surface area contributed by atoms with Gasteiger partial charge in [-0.1, -0.05) is 32.6 Å². The Hall–Kier alpha value is -0.870. The van der Waals surface area contributed by atoms with E-state index in [0.29, 0.717) is 0 Å². The maximum atomic E-state index is 6.26. The zero-order chi connectivity index (χ0) is 15.1. The second-order valence-corrected chi connectivity index (χ2v) is 6.53. The number of imidazole rings is 1. The number of hydrogen-bond donors (Lipinski definition) is 1. The molecule has 0 saturated heterocycles. The lowest BCUT2D eigenvalue weighted by Crippen LogP contribution is -2.54. The molecule has 1 aromatic rings. The van der Waals surface area contributed by atoms with Crippen molar-refractivity contribution in [2.45, 2.75) is 63.8 Å². The summed E-state index contributed by atoms with van der Waals surface area (Å²) in [4.78, 5) is 7.14. The van der Waals surface area contributed by atoms with Crippen molar-refractivity contribution >= 4 is 0 Å². The fourth-order valence-corrected chi connectivity index (χ4v) is 3.76. The first-order valence-electron chi connectivity index (χ1n) is 8.63. The van der Waals surface area contributed by atoms with E-state index >= 15 is 0 Å². The van der Waals surface area contributed by atoms with E-state index in [4.69, 9.17) is 5.73 Å². The van der Waals surface area contributed by atoms with Crippen LogP contribution >= 0.6 is 0 Å². The highest BCUT2D eigenvalue weighted by Crippen LogP contribution is 2.32. The molecule has 1 heterocycles. The van der Waals surface area contributed by atoms with E-state index < -0.39 is 0 Å². The third-order valence-corrected chi connectivity index (χ3v) is 5.10. The highest BCUT2D eigenvalue weighted by atomic mass is 15.2. The molecule has 1 fully saturated rings. The first-order valence-corrected chi connectivity index (χ1v) is 8.63. The van der Waals surface area contributed by atoms with E-state index in [9.17, 15) is 0 Å². The Morgan fingerprint density at radius 1 is 1.24 bits per heavy atom. The third-order valence-electron chi connectivity index (χ3n) is 5.10. The quantitative estimate of drug-likeness (QED) is 0.786. The summed E-state index contributed by atoms with van der Waals surface area (Å²) in [6, 6.07) is 0. The normalized spacial score (nSPS) is 18.9. The van der Waals surface area contributed by atoms with Crippen molar-refractivity contribution < 1.29 is 0 Å². The molecule has 0 atom stereocenters. The average Bonchev–Trinajstić information content (AvgIpc) is 2.77. The van der Waals surface area contributed by atoms with Crippen molar-refractivity contribution in [3.63, 3.8) is 0 Å². The number of aryl methyl sites for hydroxylation is 1. The Kier molecular flexibility index (Phi) is 6.24. The van der Waals surface area contributed by atoms with Crippen molar-refractivity contribution in [3.8, 4) is 0 Å². The summed E-state index contributed by atoms with van der Waals surface area (Å²) in [6.45, 7) is 5.31.